The number of carbonyl (C=O) groups excluding carboxylic acids is 1. The number of hydrogen-bond acceptors (Lipinski definition) is 2. The summed E-state index contributed by atoms with van der Waals surface area (Å²) in [4.78, 5) is 11.6. The lowest BCUT2D eigenvalue weighted by Crippen LogP contribution is -2.17. The molecule has 0 aliphatic rings. The second-order valence-electron chi connectivity index (χ2n) is 4.61. The van der Waals surface area contributed by atoms with Crippen molar-refractivity contribution in [2.24, 2.45) is 0 Å². The maximum Gasteiger partial charge on any atom is 0.420 e. The van der Waals surface area contributed by atoms with Crippen LogP contribution in [0, 0.1) is 0 Å². The van der Waals surface area contributed by atoms with Gasteiger partial charge in [-0.05, 0) is 11.1 Å². The van der Waals surface area contributed by atoms with Crippen molar-refractivity contribution in [3.8, 4) is 0 Å². The van der Waals surface area contributed by atoms with Gasteiger partial charge in [-0.25, -0.2) is 4.79 Å². The van der Waals surface area contributed by atoms with Crippen LogP contribution in [0.5, 0.6) is 0 Å². The fourth-order valence-corrected chi connectivity index (χ4v) is 1.91. The summed E-state index contributed by atoms with van der Waals surface area (Å²) >= 11 is 0. The maximum absolute atomic E-state index is 14.0. The number of ether oxygens (including phenoxy) is 1. The highest BCUT2D eigenvalue weighted by molar-refractivity contribution is 5.96. The van der Waals surface area contributed by atoms with E-state index in [1.165, 1.54) is 18.2 Å². The molecule has 0 aliphatic carbocycles. The molecule has 2 rings (SSSR count). The topological polar surface area (TPSA) is 26.3 Å². The monoisotopic (exact) mass is 324 g/mol. The van der Waals surface area contributed by atoms with Gasteiger partial charge in [0.05, 0.1) is 0 Å². The largest absolute Gasteiger partial charge is 0.456 e. The van der Waals surface area contributed by atoms with Gasteiger partial charge in [-0.3, -0.25) is 0 Å². The SMILES string of the molecule is O=C(OCc1ccccc1)/C(F)=C(/c1ccccc1)C(F)(F)F. The Labute approximate surface area is 130 Å². The number of halogens is 4. The van der Waals surface area contributed by atoms with Crippen LogP contribution in [-0.2, 0) is 16.1 Å². The minimum absolute atomic E-state index is 0.312. The first kappa shape index (κ1) is 16.7. The van der Waals surface area contributed by atoms with Gasteiger partial charge in [0, 0.05) is 0 Å². The Hall–Kier alpha value is -2.63. The molecular weight excluding hydrogens is 312 g/mol. The minimum atomic E-state index is -5.02. The van der Waals surface area contributed by atoms with Crippen LogP contribution in [0.3, 0.4) is 0 Å². The molecule has 0 saturated heterocycles. The van der Waals surface area contributed by atoms with E-state index < -0.39 is 29.1 Å². The summed E-state index contributed by atoms with van der Waals surface area (Å²) in [5.74, 6) is -3.61. The Kier molecular flexibility index (Phi) is 5.16. The molecule has 2 nitrogen and oxygen atoms in total. The molecule has 0 unspecified atom stereocenters. The van der Waals surface area contributed by atoms with Gasteiger partial charge in [0.25, 0.3) is 0 Å². The molecule has 0 aliphatic heterocycles. The molecule has 0 amide bonds. The lowest BCUT2D eigenvalue weighted by atomic mass is 10.0. The molecule has 0 saturated carbocycles. The van der Waals surface area contributed by atoms with Crippen LogP contribution in [0.1, 0.15) is 11.1 Å². The van der Waals surface area contributed by atoms with Crippen LogP contribution in [0.25, 0.3) is 5.57 Å². The zero-order chi connectivity index (χ0) is 16.9. The van der Waals surface area contributed by atoms with Crippen molar-refractivity contribution in [1.82, 2.24) is 0 Å². The Morgan fingerprint density at radius 3 is 1.96 bits per heavy atom. The average Bonchev–Trinajstić information content (AvgIpc) is 2.53. The number of hydrogen-bond donors (Lipinski definition) is 0. The molecule has 0 N–H and O–H groups in total. The van der Waals surface area contributed by atoms with Crippen molar-refractivity contribution < 1.29 is 27.1 Å². The third kappa shape index (κ3) is 4.42. The summed E-state index contributed by atoms with van der Waals surface area (Å²) in [6.45, 7) is -0.312. The van der Waals surface area contributed by atoms with E-state index in [2.05, 4.69) is 4.74 Å². The lowest BCUT2D eigenvalue weighted by Gasteiger charge is -2.13. The number of allylic oxidation sites excluding steroid dienone is 1. The molecule has 0 bridgehead atoms. The molecule has 6 heteroatoms. The Balaban J connectivity index is 2.26. The second-order valence-corrected chi connectivity index (χ2v) is 4.61. The maximum atomic E-state index is 14.0. The number of esters is 1. The Bertz CT molecular complexity index is 692. The van der Waals surface area contributed by atoms with E-state index in [4.69, 9.17) is 0 Å². The van der Waals surface area contributed by atoms with Gasteiger partial charge in [0.2, 0.25) is 5.83 Å². The highest BCUT2D eigenvalue weighted by Crippen LogP contribution is 2.37. The predicted octanol–water partition coefficient (Wildman–Crippen LogP) is 4.67. The zero-order valence-corrected chi connectivity index (χ0v) is 11.8. The van der Waals surface area contributed by atoms with Gasteiger partial charge < -0.3 is 4.74 Å². The van der Waals surface area contributed by atoms with Crippen molar-refractivity contribution in [1.29, 1.82) is 0 Å². The molecule has 0 spiro atoms. The number of rotatable bonds is 4. The highest BCUT2D eigenvalue weighted by Gasteiger charge is 2.40. The van der Waals surface area contributed by atoms with E-state index >= 15 is 0 Å². The summed E-state index contributed by atoms with van der Waals surface area (Å²) in [5.41, 5.74) is -1.53. The molecule has 0 atom stereocenters. The highest BCUT2D eigenvalue weighted by atomic mass is 19.4. The van der Waals surface area contributed by atoms with Gasteiger partial charge in [0.15, 0.2) is 0 Å². The van der Waals surface area contributed by atoms with Gasteiger partial charge in [-0.2, -0.15) is 17.6 Å². The van der Waals surface area contributed by atoms with Crippen LogP contribution >= 0.6 is 0 Å². The van der Waals surface area contributed by atoms with Crippen molar-refractivity contribution >= 4 is 11.5 Å². The third-order valence-electron chi connectivity index (χ3n) is 2.96. The van der Waals surface area contributed by atoms with Crippen LogP contribution in [0.15, 0.2) is 66.5 Å². The minimum Gasteiger partial charge on any atom is -0.456 e. The second kappa shape index (κ2) is 7.09. The van der Waals surface area contributed by atoms with Crippen molar-refractivity contribution in [2.75, 3.05) is 0 Å². The molecule has 0 heterocycles. The average molecular weight is 324 g/mol. The molecule has 2 aromatic rings. The summed E-state index contributed by atoms with van der Waals surface area (Å²) in [6.07, 6.45) is -5.02. The molecule has 120 valence electrons. The summed E-state index contributed by atoms with van der Waals surface area (Å²) < 4.78 is 57.9. The molecule has 0 aromatic heterocycles. The van der Waals surface area contributed by atoms with Crippen LogP contribution < -0.4 is 0 Å². The smallest absolute Gasteiger partial charge is 0.420 e. The number of alkyl halides is 3. The fourth-order valence-electron chi connectivity index (χ4n) is 1.91. The quantitative estimate of drug-likeness (QED) is 0.464. The third-order valence-corrected chi connectivity index (χ3v) is 2.96. The predicted molar refractivity (Wildman–Crippen MR) is 76.8 cm³/mol. The molecule has 23 heavy (non-hydrogen) atoms. The van der Waals surface area contributed by atoms with E-state index in [0.29, 0.717) is 5.56 Å². The van der Waals surface area contributed by atoms with Crippen LogP contribution in [0.4, 0.5) is 17.6 Å². The first-order valence-electron chi connectivity index (χ1n) is 6.63. The van der Waals surface area contributed by atoms with Gasteiger partial charge in [-0.15, -0.1) is 0 Å². The van der Waals surface area contributed by atoms with E-state index in [1.807, 2.05) is 0 Å². The first-order valence-corrected chi connectivity index (χ1v) is 6.63. The van der Waals surface area contributed by atoms with Crippen molar-refractivity contribution in [3.63, 3.8) is 0 Å². The van der Waals surface area contributed by atoms with Crippen molar-refractivity contribution in [2.45, 2.75) is 12.8 Å². The van der Waals surface area contributed by atoms with Gasteiger partial charge >= 0.3 is 12.1 Å². The molecule has 0 radical (unpaired) electrons. The first-order chi connectivity index (χ1) is 10.9. The van der Waals surface area contributed by atoms with Crippen LogP contribution in [0.2, 0.25) is 0 Å². The summed E-state index contributed by atoms with van der Waals surface area (Å²) in [7, 11) is 0. The van der Waals surface area contributed by atoms with Gasteiger partial charge in [-0.1, -0.05) is 60.7 Å². The van der Waals surface area contributed by atoms with E-state index in [9.17, 15) is 22.4 Å². The molecule has 2 aromatic carbocycles. The van der Waals surface area contributed by atoms with Crippen molar-refractivity contribution in [3.05, 3.63) is 77.6 Å². The number of carbonyl (C=O) groups is 1. The van der Waals surface area contributed by atoms with E-state index in [0.717, 1.165) is 12.1 Å². The standard InChI is InChI=1S/C17H12F4O2/c18-15(16(22)23-11-12-7-3-1-4-8-12)14(17(19,20)21)13-9-5-2-6-10-13/h1-10H,11H2/b15-14+. The normalized spacial score (nSPS) is 12.5. The zero-order valence-electron chi connectivity index (χ0n) is 11.8. The summed E-state index contributed by atoms with van der Waals surface area (Å²) in [5, 5.41) is 0. The van der Waals surface area contributed by atoms with Crippen LogP contribution in [-0.4, -0.2) is 12.1 Å². The fraction of sp³-hybridized carbons (Fsp3) is 0.118. The summed E-state index contributed by atoms with van der Waals surface area (Å²) in [6, 6.07) is 14.6. The lowest BCUT2D eigenvalue weighted by molar-refractivity contribution is -0.142. The molecular formula is C17H12F4O2. The van der Waals surface area contributed by atoms with E-state index in [-0.39, 0.29) is 6.61 Å². The molecule has 0 fully saturated rings. The van der Waals surface area contributed by atoms with Gasteiger partial charge in [0.1, 0.15) is 12.2 Å². The number of benzene rings is 2. The Morgan fingerprint density at radius 1 is 0.913 bits per heavy atom. The Morgan fingerprint density at radius 2 is 1.43 bits per heavy atom. The van der Waals surface area contributed by atoms with E-state index in [1.54, 1.807) is 30.3 Å².